The summed E-state index contributed by atoms with van der Waals surface area (Å²) in [6.07, 6.45) is 0. The van der Waals surface area contributed by atoms with Crippen LogP contribution in [0.2, 0.25) is 0 Å². The Kier molecular flexibility index (Phi) is 4.47. The van der Waals surface area contributed by atoms with Crippen molar-refractivity contribution < 1.29 is 9.53 Å². The minimum Gasteiger partial charge on any atom is -0.474 e. The molecule has 0 spiro atoms. The lowest BCUT2D eigenvalue weighted by Crippen LogP contribution is -2.07. The molecular weight excluding hydrogens is 336 g/mol. The van der Waals surface area contributed by atoms with Crippen molar-refractivity contribution in [2.24, 2.45) is 0 Å². The van der Waals surface area contributed by atoms with Crippen LogP contribution in [0, 0.1) is 13.8 Å². The number of imidazole rings is 1. The van der Waals surface area contributed by atoms with Gasteiger partial charge in [0, 0.05) is 11.3 Å². The maximum Gasteiger partial charge on any atom is 0.199 e. The molecule has 4 heteroatoms. The van der Waals surface area contributed by atoms with Crippen LogP contribution in [-0.4, -0.2) is 15.2 Å². The number of nitrogens with zero attached hydrogens (tertiary/aromatic N) is 2. The van der Waals surface area contributed by atoms with Gasteiger partial charge in [0.05, 0.1) is 11.3 Å². The Morgan fingerprint density at radius 1 is 0.926 bits per heavy atom. The lowest BCUT2D eigenvalue weighted by molar-refractivity contribution is 0.103. The van der Waals surface area contributed by atoms with Crippen molar-refractivity contribution in [1.82, 2.24) is 9.38 Å². The number of pyridine rings is 1. The van der Waals surface area contributed by atoms with Gasteiger partial charge in [-0.3, -0.25) is 9.20 Å². The van der Waals surface area contributed by atoms with Gasteiger partial charge in [0.1, 0.15) is 6.61 Å². The Labute approximate surface area is 158 Å². The van der Waals surface area contributed by atoms with Crippen LogP contribution in [0.1, 0.15) is 32.9 Å². The maximum atomic E-state index is 13.0. The van der Waals surface area contributed by atoms with Crippen LogP contribution < -0.4 is 4.74 Å². The molecule has 0 aliphatic rings. The zero-order valence-electron chi connectivity index (χ0n) is 15.3. The van der Waals surface area contributed by atoms with Crippen LogP contribution in [0.15, 0.2) is 72.8 Å². The first kappa shape index (κ1) is 17.0. The fourth-order valence-electron chi connectivity index (χ4n) is 3.13. The lowest BCUT2D eigenvalue weighted by atomic mass is 10.0. The third-order valence-electron chi connectivity index (χ3n) is 4.71. The predicted octanol–water partition coefficient (Wildman–Crippen LogP) is 4.76. The summed E-state index contributed by atoms with van der Waals surface area (Å²) in [6.45, 7) is 4.39. The van der Waals surface area contributed by atoms with Crippen LogP contribution in [-0.2, 0) is 6.61 Å². The van der Waals surface area contributed by atoms with E-state index in [1.165, 1.54) is 0 Å². The molecule has 0 radical (unpaired) electrons. The molecule has 0 atom stereocenters. The Bertz CT molecular complexity index is 1100. The van der Waals surface area contributed by atoms with Crippen molar-refractivity contribution in [2.45, 2.75) is 20.5 Å². The van der Waals surface area contributed by atoms with Gasteiger partial charge in [-0.2, -0.15) is 0 Å². The van der Waals surface area contributed by atoms with E-state index in [2.05, 4.69) is 4.98 Å². The number of benzene rings is 2. The first-order valence-electron chi connectivity index (χ1n) is 8.90. The second-order valence-electron chi connectivity index (χ2n) is 6.50. The highest BCUT2D eigenvalue weighted by molar-refractivity contribution is 6.12. The van der Waals surface area contributed by atoms with Crippen molar-refractivity contribution in [1.29, 1.82) is 0 Å². The number of ether oxygens (including phenoxy) is 1. The van der Waals surface area contributed by atoms with Crippen molar-refractivity contribution in [2.75, 3.05) is 0 Å². The summed E-state index contributed by atoms with van der Waals surface area (Å²) >= 11 is 0. The minimum absolute atomic E-state index is 0.0415. The number of aryl methyl sites for hydroxylation is 2. The van der Waals surface area contributed by atoms with Crippen LogP contribution in [0.4, 0.5) is 0 Å². The van der Waals surface area contributed by atoms with Gasteiger partial charge in [-0.1, -0.05) is 60.7 Å². The number of aromatic nitrogens is 2. The number of rotatable bonds is 5. The molecule has 0 unspecified atom stereocenters. The van der Waals surface area contributed by atoms with E-state index in [-0.39, 0.29) is 5.78 Å². The molecule has 0 aliphatic carbocycles. The summed E-state index contributed by atoms with van der Waals surface area (Å²) in [5, 5.41) is 0. The van der Waals surface area contributed by atoms with Crippen molar-refractivity contribution in [3.05, 3.63) is 101 Å². The van der Waals surface area contributed by atoms with Gasteiger partial charge in [0.25, 0.3) is 0 Å². The van der Waals surface area contributed by atoms with E-state index in [1.807, 2.05) is 85.0 Å². The molecule has 2 aromatic carbocycles. The van der Waals surface area contributed by atoms with Gasteiger partial charge >= 0.3 is 0 Å². The van der Waals surface area contributed by atoms with Crippen LogP contribution >= 0.6 is 0 Å². The lowest BCUT2D eigenvalue weighted by Gasteiger charge is -2.12. The number of hydrogen-bond donors (Lipinski definition) is 0. The van der Waals surface area contributed by atoms with Crippen molar-refractivity contribution in [3.8, 4) is 5.88 Å². The maximum absolute atomic E-state index is 13.0. The normalized spacial score (nSPS) is 10.9. The quantitative estimate of drug-likeness (QED) is 0.484. The third-order valence-corrected chi connectivity index (χ3v) is 4.71. The highest BCUT2D eigenvalue weighted by Crippen LogP contribution is 2.25. The van der Waals surface area contributed by atoms with E-state index in [0.29, 0.717) is 29.3 Å². The molecule has 0 saturated heterocycles. The largest absolute Gasteiger partial charge is 0.474 e. The summed E-state index contributed by atoms with van der Waals surface area (Å²) in [6, 6.07) is 22.9. The van der Waals surface area contributed by atoms with Crippen LogP contribution in [0.5, 0.6) is 5.88 Å². The topological polar surface area (TPSA) is 43.6 Å². The second kappa shape index (κ2) is 7.08. The minimum atomic E-state index is -0.0415. The molecule has 134 valence electrons. The molecule has 4 nitrogen and oxygen atoms in total. The van der Waals surface area contributed by atoms with E-state index in [4.69, 9.17) is 4.74 Å². The molecular formula is C23H20N2O2. The van der Waals surface area contributed by atoms with Crippen LogP contribution in [0.25, 0.3) is 5.65 Å². The summed E-state index contributed by atoms with van der Waals surface area (Å²) in [4.78, 5) is 17.6. The highest BCUT2D eigenvalue weighted by atomic mass is 16.5. The number of carbonyl (C=O) groups excluding carboxylic acids is 1. The molecule has 27 heavy (non-hydrogen) atoms. The van der Waals surface area contributed by atoms with Gasteiger partial charge in [-0.15, -0.1) is 0 Å². The number of fused-ring (bicyclic) bond motifs is 1. The van der Waals surface area contributed by atoms with E-state index >= 15 is 0 Å². The first-order chi connectivity index (χ1) is 13.1. The van der Waals surface area contributed by atoms with Gasteiger partial charge in [-0.05, 0) is 31.5 Å². The Hall–Kier alpha value is -3.40. The number of carbonyl (C=O) groups is 1. The van der Waals surface area contributed by atoms with Gasteiger partial charge < -0.3 is 4.74 Å². The smallest absolute Gasteiger partial charge is 0.199 e. The Balaban J connectivity index is 1.76. The average molecular weight is 356 g/mol. The third kappa shape index (κ3) is 3.22. The van der Waals surface area contributed by atoms with E-state index in [9.17, 15) is 4.79 Å². The second-order valence-corrected chi connectivity index (χ2v) is 6.50. The Morgan fingerprint density at radius 2 is 1.59 bits per heavy atom. The summed E-state index contributed by atoms with van der Waals surface area (Å²) in [5.74, 6) is 0.636. The summed E-state index contributed by atoms with van der Waals surface area (Å²) in [7, 11) is 0. The summed E-state index contributed by atoms with van der Waals surface area (Å²) in [5.41, 5.74) is 4.79. The van der Waals surface area contributed by atoms with Crippen molar-refractivity contribution >= 4 is 11.4 Å². The summed E-state index contributed by atoms with van der Waals surface area (Å²) < 4.78 is 7.98. The molecule has 0 aliphatic heterocycles. The molecule has 4 rings (SSSR count). The molecule has 0 bridgehead atoms. The highest BCUT2D eigenvalue weighted by Gasteiger charge is 2.19. The Morgan fingerprint density at radius 3 is 2.30 bits per heavy atom. The monoisotopic (exact) mass is 356 g/mol. The van der Waals surface area contributed by atoms with Gasteiger partial charge in [0.15, 0.2) is 17.3 Å². The molecule has 2 aromatic heterocycles. The first-order valence-corrected chi connectivity index (χ1v) is 8.90. The molecule has 0 fully saturated rings. The molecule has 0 amide bonds. The molecule has 4 aromatic rings. The van der Waals surface area contributed by atoms with E-state index in [0.717, 1.165) is 17.0 Å². The van der Waals surface area contributed by atoms with Crippen molar-refractivity contribution in [3.63, 3.8) is 0 Å². The van der Waals surface area contributed by atoms with Gasteiger partial charge in [0.2, 0.25) is 0 Å². The number of ketones is 1. The van der Waals surface area contributed by atoms with E-state index in [1.54, 1.807) is 6.07 Å². The molecule has 2 heterocycles. The fraction of sp³-hybridized carbons (Fsp3) is 0.130. The molecule has 0 saturated carbocycles. The fourth-order valence-corrected chi connectivity index (χ4v) is 3.13. The SMILES string of the molecule is Cc1nc2c(C(=O)c3ccccc3)ccc(OCc3ccccc3)n2c1C. The van der Waals surface area contributed by atoms with Gasteiger partial charge in [-0.25, -0.2) is 4.98 Å². The van der Waals surface area contributed by atoms with E-state index < -0.39 is 0 Å². The zero-order chi connectivity index (χ0) is 18.8. The zero-order valence-corrected chi connectivity index (χ0v) is 15.3. The molecule has 0 N–H and O–H groups in total. The average Bonchev–Trinajstić information content (AvgIpc) is 3.02. The number of hydrogen-bond acceptors (Lipinski definition) is 3. The predicted molar refractivity (Wildman–Crippen MR) is 105 cm³/mol. The standard InChI is InChI=1S/C23H20N2O2/c1-16-17(2)25-21(27-15-18-9-5-3-6-10-18)14-13-20(23(25)24-16)22(26)19-11-7-4-8-12-19/h3-14H,15H2,1-2H3. The van der Waals surface area contributed by atoms with Crippen LogP contribution in [0.3, 0.4) is 0 Å².